The van der Waals surface area contributed by atoms with Crippen LogP contribution >= 0.6 is 0 Å². The van der Waals surface area contributed by atoms with Crippen LogP contribution < -0.4 is 10.2 Å². The van der Waals surface area contributed by atoms with E-state index in [0.29, 0.717) is 11.1 Å². The minimum atomic E-state index is -1.55. The number of aromatic hydroxyl groups is 2. The molecule has 5 atom stereocenters. The number of ether oxygens (including phenoxy) is 2. The molecule has 0 bridgehead atoms. The third-order valence-corrected chi connectivity index (χ3v) is 5.31. The summed E-state index contributed by atoms with van der Waals surface area (Å²) in [6.07, 6.45) is -4.15. The number of aliphatic hydroxyl groups excluding tert-OH is 4. The van der Waals surface area contributed by atoms with Crippen molar-refractivity contribution in [3.05, 3.63) is 35.8 Å². The zero-order valence-corrected chi connectivity index (χ0v) is 16.9. The van der Waals surface area contributed by atoms with Crippen LogP contribution in [0.3, 0.4) is 0 Å². The normalized spacial score (nSPS) is 26.5. The first-order chi connectivity index (χ1) is 15.3. The van der Waals surface area contributed by atoms with E-state index in [0.717, 1.165) is 0 Å². The number of hydrogen-bond donors (Lipinski definition) is 7. The average molecular weight is 449 g/mol. The monoisotopic (exact) mass is 449 g/mol. The molecule has 3 aromatic rings. The molecule has 7 N–H and O–H groups in total. The van der Waals surface area contributed by atoms with E-state index < -0.39 is 37.3 Å². The van der Waals surface area contributed by atoms with Gasteiger partial charge in [0, 0.05) is 11.6 Å². The van der Waals surface area contributed by atoms with Gasteiger partial charge in [-0.2, -0.15) is 0 Å². The van der Waals surface area contributed by atoms with Crippen molar-refractivity contribution >= 4 is 11.2 Å². The highest BCUT2D eigenvalue weighted by molar-refractivity contribution is 5.68. The summed E-state index contributed by atoms with van der Waals surface area (Å²) in [5.41, 5.74) is 1.23. The molecule has 13 heteroatoms. The molecule has 1 aromatic carbocycles. The van der Waals surface area contributed by atoms with E-state index in [2.05, 4.69) is 19.9 Å². The first-order valence-electron chi connectivity index (χ1n) is 9.65. The average Bonchev–Trinajstić information content (AvgIpc) is 3.28. The van der Waals surface area contributed by atoms with Gasteiger partial charge in [-0.1, -0.05) is 0 Å². The highest BCUT2D eigenvalue weighted by atomic mass is 16.6. The van der Waals surface area contributed by atoms with Gasteiger partial charge in [0.2, 0.25) is 0 Å². The molecule has 1 unspecified atom stereocenters. The van der Waals surface area contributed by atoms with Crippen LogP contribution in [-0.4, -0.2) is 88.3 Å². The number of imidazole rings is 1. The van der Waals surface area contributed by atoms with Gasteiger partial charge in [-0.15, -0.1) is 0 Å². The van der Waals surface area contributed by atoms with Crippen LogP contribution in [0.4, 0.5) is 0 Å². The van der Waals surface area contributed by atoms with E-state index >= 15 is 0 Å². The lowest BCUT2D eigenvalue weighted by molar-refractivity contribution is -0.250. The lowest BCUT2D eigenvalue weighted by atomic mass is 9.98. The molecule has 0 aliphatic carbocycles. The first kappa shape index (κ1) is 22.0. The molecule has 4 rings (SSSR count). The number of aliphatic hydroxyl groups is 4. The van der Waals surface area contributed by atoms with Gasteiger partial charge in [-0.3, -0.25) is 9.56 Å². The van der Waals surface area contributed by atoms with Crippen molar-refractivity contribution in [3.8, 4) is 17.2 Å². The predicted molar refractivity (Wildman–Crippen MR) is 106 cm³/mol. The lowest BCUT2D eigenvalue weighted by Crippen LogP contribution is -2.56. The van der Waals surface area contributed by atoms with Gasteiger partial charge in [0.25, 0.3) is 0 Å². The minimum absolute atomic E-state index is 0.0193. The number of aromatic amines is 1. The molecule has 0 saturated carbocycles. The zero-order chi connectivity index (χ0) is 23.0. The molecule has 1 aliphatic rings. The summed E-state index contributed by atoms with van der Waals surface area (Å²) in [4.78, 5) is 15.7. The maximum atomic E-state index is 10.4. The third-order valence-electron chi connectivity index (χ3n) is 5.31. The molecule has 1 aliphatic heterocycles. The molecule has 0 spiro atoms. The molecule has 0 radical (unpaired) electrons. The second-order valence-corrected chi connectivity index (χ2v) is 7.27. The second-order valence-electron chi connectivity index (χ2n) is 7.27. The molecule has 1 saturated heterocycles. The van der Waals surface area contributed by atoms with Crippen molar-refractivity contribution < 1.29 is 40.1 Å². The van der Waals surface area contributed by atoms with Gasteiger partial charge < -0.3 is 45.1 Å². The topological polar surface area (TPSA) is 199 Å². The zero-order valence-electron chi connectivity index (χ0n) is 16.9. The number of nitrogens with one attached hydrogen (secondary N) is 1. The summed E-state index contributed by atoms with van der Waals surface area (Å²) in [6, 6.07) is 2.61. The van der Waals surface area contributed by atoms with Crippen LogP contribution in [0.25, 0.3) is 11.2 Å². The molecule has 32 heavy (non-hydrogen) atoms. The summed E-state index contributed by atoms with van der Waals surface area (Å²) < 4.78 is 11.9. The van der Waals surface area contributed by atoms with Crippen molar-refractivity contribution in [1.82, 2.24) is 19.5 Å². The summed E-state index contributed by atoms with van der Waals surface area (Å²) in [7, 11) is 1.37. The Hall–Kier alpha value is -3.23. The summed E-state index contributed by atoms with van der Waals surface area (Å²) in [5.74, 6) is -0.138. The van der Waals surface area contributed by atoms with E-state index in [-0.39, 0.29) is 34.9 Å². The summed E-state index contributed by atoms with van der Waals surface area (Å²) in [6.45, 7) is -0.584. The van der Waals surface area contributed by atoms with Crippen LogP contribution in [0.1, 0.15) is 11.8 Å². The van der Waals surface area contributed by atoms with Gasteiger partial charge in [-0.25, -0.2) is 9.97 Å². The Bertz CT molecular complexity index is 1180. The Morgan fingerprint density at radius 1 is 1.12 bits per heavy atom. The number of phenolic OH excluding ortho intramolecular Hbond substituents is 2. The Balaban J connectivity index is 1.70. The lowest BCUT2D eigenvalue weighted by Gasteiger charge is -2.40. The number of H-pyrrole nitrogens is 1. The number of aromatic nitrogens is 4. The fourth-order valence-corrected chi connectivity index (χ4v) is 3.55. The molecule has 13 nitrogen and oxygen atoms in total. The Labute approximate surface area is 180 Å². The second kappa shape index (κ2) is 8.72. The van der Waals surface area contributed by atoms with E-state index in [9.17, 15) is 30.6 Å². The van der Waals surface area contributed by atoms with Crippen molar-refractivity contribution in [3.63, 3.8) is 0 Å². The molecule has 2 aromatic heterocycles. The fourth-order valence-electron chi connectivity index (χ4n) is 3.55. The van der Waals surface area contributed by atoms with E-state index in [4.69, 9.17) is 9.47 Å². The molecular formula is C19H23N5O8. The molecule has 1 fully saturated rings. The maximum Gasteiger partial charge on any atom is 0.177 e. The highest BCUT2D eigenvalue weighted by Crippen LogP contribution is 2.33. The van der Waals surface area contributed by atoms with E-state index in [1.54, 1.807) is 0 Å². The number of methoxy groups -OCH3 is 1. The van der Waals surface area contributed by atoms with Crippen molar-refractivity contribution in [1.29, 1.82) is 0 Å². The standard InChI is InChI=1S/C19H23N5O8/c1-31-11-3-9(26)8(2-10(11)27)4-20-17-13-18(22-6-21-13)24(7-23-17)19-16(30)15(29)14(28)12(5-25)32-19/h2-3,6-7,12,14-16,19,25-30H,4-5H2,1H3,(H,21,22)/t12-,14-,15+,16-,19?/m1/s1. The van der Waals surface area contributed by atoms with E-state index in [1.165, 1.54) is 36.5 Å². The number of rotatable bonds is 5. The van der Waals surface area contributed by atoms with Crippen LogP contribution in [0.15, 0.2) is 29.8 Å². The largest absolute Gasteiger partial charge is 0.507 e. The van der Waals surface area contributed by atoms with Crippen molar-refractivity contribution in [2.75, 3.05) is 13.7 Å². The van der Waals surface area contributed by atoms with Gasteiger partial charge in [0.1, 0.15) is 42.0 Å². The quantitative estimate of drug-likeness (QED) is 0.219. The SMILES string of the molecule is COc1cc(O)c(CN=c2ncn(C3O[C@H](CO)[C@@H](O)[C@H](O)[C@H]3O)c3nc[nH]c23)cc1O. The summed E-state index contributed by atoms with van der Waals surface area (Å²) >= 11 is 0. The number of phenols is 2. The molecular weight excluding hydrogens is 426 g/mol. The van der Waals surface area contributed by atoms with Crippen LogP contribution in [-0.2, 0) is 11.3 Å². The van der Waals surface area contributed by atoms with Gasteiger partial charge in [-0.05, 0) is 6.07 Å². The first-order valence-corrected chi connectivity index (χ1v) is 9.65. The Morgan fingerprint density at radius 2 is 1.91 bits per heavy atom. The van der Waals surface area contributed by atoms with Crippen LogP contribution in [0, 0.1) is 0 Å². The Kier molecular flexibility index (Phi) is 5.99. The third kappa shape index (κ3) is 3.76. The Morgan fingerprint density at radius 3 is 2.62 bits per heavy atom. The number of hydrogen-bond acceptors (Lipinski definition) is 11. The number of nitrogens with zero attached hydrogens (tertiary/aromatic N) is 4. The predicted octanol–water partition coefficient (Wildman–Crippen LogP) is -1.75. The van der Waals surface area contributed by atoms with Crippen LogP contribution in [0.5, 0.6) is 17.2 Å². The maximum absolute atomic E-state index is 10.4. The van der Waals surface area contributed by atoms with E-state index in [1.807, 2.05) is 0 Å². The number of fused-ring (bicyclic) bond motifs is 1. The fraction of sp³-hybridized carbons (Fsp3) is 0.421. The van der Waals surface area contributed by atoms with Gasteiger partial charge >= 0.3 is 0 Å². The van der Waals surface area contributed by atoms with Crippen LogP contribution in [0.2, 0.25) is 0 Å². The van der Waals surface area contributed by atoms with Crippen molar-refractivity contribution in [2.45, 2.75) is 37.2 Å². The molecule has 0 amide bonds. The molecule has 3 heterocycles. The minimum Gasteiger partial charge on any atom is -0.507 e. The smallest absolute Gasteiger partial charge is 0.177 e. The molecule has 172 valence electrons. The van der Waals surface area contributed by atoms with Gasteiger partial charge in [0.05, 0.1) is 26.6 Å². The van der Waals surface area contributed by atoms with Gasteiger partial charge in [0.15, 0.2) is 28.9 Å². The number of benzene rings is 1. The van der Waals surface area contributed by atoms with Crippen molar-refractivity contribution in [2.24, 2.45) is 4.99 Å². The summed E-state index contributed by atoms with van der Waals surface area (Å²) in [5, 5.41) is 60.0. The highest BCUT2D eigenvalue weighted by Gasteiger charge is 2.44.